The van der Waals surface area contributed by atoms with Gasteiger partial charge >= 0.3 is 0 Å². The third-order valence-corrected chi connectivity index (χ3v) is 9.14. The fraction of sp³-hybridized carbons (Fsp3) is 0.385. The number of halogens is 1. The third kappa shape index (κ3) is 7.58. The lowest BCUT2D eigenvalue weighted by Crippen LogP contribution is -2.59. The van der Waals surface area contributed by atoms with Gasteiger partial charge in [-0.15, -0.1) is 22.9 Å². The van der Waals surface area contributed by atoms with Crippen LogP contribution < -0.4 is 27.2 Å². The van der Waals surface area contributed by atoms with Crippen LogP contribution in [0.25, 0.3) is 21.3 Å². The molecule has 1 aromatic heterocycles. The van der Waals surface area contributed by atoms with Crippen LogP contribution in [0.15, 0.2) is 47.4 Å². The number of hydrogen-bond donors (Lipinski definition) is 5. The van der Waals surface area contributed by atoms with Crippen molar-refractivity contribution in [1.82, 2.24) is 20.5 Å². The van der Waals surface area contributed by atoms with Crippen LogP contribution in [-0.2, 0) is 24.4 Å². The molecule has 1 aliphatic rings. The van der Waals surface area contributed by atoms with E-state index in [0.717, 1.165) is 26.4 Å². The van der Waals surface area contributed by atoms with Crippen LogP contribution in [0.2, 0.25) is 0 Å². The summed E-state index contributed by atoms with van der Waals surface area (Å²) < 4.78 is 24.1. The van der Waals surface area contributed by atoms with Gasteiger partial charge < -0.3 is 21.7 Å². The van der Waals surface area contributed by atoms with Crippen LogP contribution in [0.1, 0.15) is 37.1 Å². The van der Waals surface area contributed by atoms with Crippen LogP contribution in [0.4, 0.5) is 0 Å². The molecular weight excluding hydrogens is 590 g/mol. The number of nitrogens with zero attached hydrogens (tertiary/aromatic N) is 2. The van der Waals surface area contributed by atoms with Gasteiger partial charge in [0, 0.05) is 12.5 Å². The molecule has 1 saturated heterocycles. The van der Waals surface area contributed by atoms with Gasteiger partial charge in [0.05, 0.1) is 38.7 Å². The molecule has 12 nitrogen and oxygen atoms in total. The van der Waals surface area contributed by atoms with E-state index in [1.807, 2.05) is 18.2 Å². The molecule has 4 atom stereocenters. The maximum absolute atomic E-state index is 13.0. The predicted octanol–water partition coefficient (Wildman–Crippen LogP) is 1.14. The van der Waals surface area contributed by atoms with E-state index >= 15 is 0 Å². The summed E-state index contributed by atoms with van der Waals surface area (Å²) in [5, 5.41) is 11.7. The first-order chi connectivity index (χ1) is 19.3. The van der Waals surface area contributed by atoms with Crippen molar-refractivity contribution in [2.24, 2.45) is 16.6 Å². The van der Waals surface area contributed by atoms with Gasteiger partial charge in [-0.05, 0) is 55.2 Å². The van der Waals surface area contributed by atoms with Crippen molar-refractivity contribution in [3.8, 4) is 11.1 Å². The Morgan fingerprint density at radius 1 is 1.15 bits per heavy atom. The Bertz CT molecular complexity index is 1550. The zero-order chi connectivity index (χ0) is 29.9. The summed E-state index contributed by atoms with van der Waals surface area (Å²) in [5.41, 5.74) is 13.5. The molecule has 15 heteroatoms. The van der Waals surface area contributed by atoms with Gasteiger partial charge in [0.2, 0.25) is 27.7 Å². The normalized spacial score (nSPS) is 19.1. The number of piperidine rings is 1. The van der Waals surface area contributed by atoms with Gasteiger partial charge in [-0.25, -0.2) is 18.5 Å². The molecule has 220 valence electrons. The summed E-state index contributed by atoms with van der Waals surface area (Å²) in [4.78, 5) is 43.7. The van der Waals surface area contributed by atoms with Gasteiger partial charge in [0.1, 0.15) is 12.0 Å². The number of carbonyl (C=O) groups excluding carboxylic acids is 3. The van der Waals surface area contributed by atoms with Crippen molar-refractivity contribution in [3.05, 3.63) is 47.5 Å². The number of sulfonamides is 1. The minimum atomic E-state index is -3.78. The Hall–Kier alpha value is -3.14. The van der Waals surface area contributed by atoms with E-state index in [0.29, 0.717) is 19.4 Å². The lowest BCUT2D eigenvalue weighted by atomic mass is 9.96. The number of benzene rings is 2. The molecule has 3 aromatic rings. The maximum Gasteiger partial charge on any atom is 0.239 e. The van der Waals surface area contributed by atoms with E-state index < -0.39 is 40.2 Å². The summed E-state index contributed by atoms with van der Waals surface area (Å²) in [6, 6.07) is 11.2. The number of hydrogen-bond acceptors (Lipinski definition) is 9. The molecule has 4 rings (SSSR count). The fourth-order valence-corrected chi connectivity index (χ4v) is 6.56. The van der Waals surface area contributed by atoms with Crippen LogP contribution in [0, 0.1) is 0 Å². The summed E-state index contributed by atoms with van der Waals surface area (Å²) in [6.07, 6.45) is -0.298. The minimum absolute atomic E-state index is 0.0368. The van der Waals surface area contributed by atoms with Crippen molar-refractivity contribution in [1.29, 1.82) is 0 Å². The Kier molecular flexibility index (Phi) is 9.62. The highest BCUT2D eigenvalue weighted by molar-refractivity contribution is 7.89. The molecule has 0 saturated carbocycles. The minimum Gasteiger partial charge on any atom is -0.370 e. The van der Waals surface area contributed by atoms with Crippen molar-refractivity contribution >= 4 is 60.9 Å². The predicted molar refractivity (Wildman–Crippen MR) is 157 cm³/mol. The van der Waals surface area contributed by atoms with E-state index in [1.165, 1.54) is 28.4 Å². The lowest BCUT2D eigenvalue weighted by molar-refractivity contribution is -0.137. The van der Waals surface area contributed by atoms with Crippen LogP contribution in [-0.4, -0.2) is 66.8 Å². The molecule has 0 aliphatic carbocycles. The topological polar surface area (TPSA) is 204 Å². The highest BCUT2D eigenvalue weighted by Gasteiger charge is 2.35. The largest absolute Gasteiger partial charge is 0.370 e. The first-order valence-corrected chi connectivity index (χ1v) is 15.7. The number of rotatable bonds is 10. The zero-order valence-electron chi connectivity index (χ0n) is 22.2. The van der Waals surface area contributed by atoms with Gasteiger partial charge in [-0.2, -0.15) is 0 Å². The smallest absolute Gasteiger partial charge is 0.239 e. The summed E-state index contributed by atoms with van der Waals surface area (Å²) in [7, 11) is -3.78. The molecule has 0 radical (unpaired) electrons. The van der Waals surface area contributed by atoms with Crippen LogP contribution in [0.3, 0.4) is 0 Å². The monoisotopic (exact) mass is 621 g/mol. The first kappa shape index (κ1) is 30.8. The van der Waals surface area contributed by atoms with E-state index in [-0.39, 0.29) is 29.0 Å². The molecule has 2 heterocycles. The zero-order valence-corrected chi connectivity index (χ0v) is 24.6. The van der Waals surface area contributed by atoms with Gasteiger partial charge in [-0.3, -0.25) is 19.7 Å². The summed E-state index contributed by atoms with van der Waals surface area (Å²) >= 11 is 7.44. The number of amides is 3. The molecule has 2 aromatic carbocycles. The number of fused-ring (bicyclic) bond motifs is 1. The lowest BCUT2D eigenvalue weighted by Gasteiger charge is -2.39. The SMILES string of the molecule is CC(N)NC(CC(N)=O)C(=O)NC1CCC(c2nc3cc(-c4ccc(S(N)(=O)=O)cc4)ccc3s2)CN1C(=O)CCl. The second kappa shape index (κ2) is 12.8. The summed E-state index contributed by atoms with van der Waals surface area (Å²) in [5.74, 6) is -1.81. The molecule has 0 bridgehead atoms. The Labute approximate surface area is 246 Å². The number of alkyl halides is 1. The Morgan fingerprint density at radius 2 is 1.83 bits per heavy atom. The number of thiazole rings is 1. The average Bonchev–Trinajstić information content (AvgIpc) is 3.35. The van der Waals surface area contributed by atoms with Crippen molar-refractivity contribution < 1.29 is 22.8 Å². The summed E-state index contributed by atoms with van der Waals surface area (Å²) in [6.45, 7) is 1.94. The number of primary amides is 1. The van der Waals surface area contributed by atoms with Crippen molar-refractivity contribution in [3.63, 3.8) is 0 Å². The highest BCUT2D eigenvalue weighted by atomic mass is 35.5. The molecular formula is C26H32ClN7O5S2. The Balaban J connectivity index is 1.52. The number of aromatic nitrogens is 1. The molecule has 1 fully saturated rings. The quantitative estimate of drug-likeness (QED) is 0.164. The van der Waals surface area contributed by atoms with Gasteiger partial charge in [0.15, 0.2) is 0 Å². The number of nitrogens with two attached hydrogens (primary N) is 3. The fourth-order valence-electron chi connectivity index (χ4n) is 4.82. The number of likely N-dealkylation sites (tertiary alicyclic amines) is 1. The van der Waals surface area contributed by atoms with Gasteiger partial charge in [0.25, 0.3) is 0 Å². The molecule has 3 amide bonds. The standard InChI is InChI=1S/C26H32ClN7O5S2/c1-14(28)31-20(11-22(29)35)25(37)33-23-9-5-17(13-34(23)24(36)12-27)26-32-19-10-16(4-8-21(19)40-26)15-2-6-18(7-3-15)41(30,38)39/h2-4,6-8,10,14,17,20,23,31H,5,9,11-13,28H2,1H3,(H2,29,35)(H,33,37)(H2,30,38,39). The maximum atomic E-state index is 13.0. The van der Waals surface area contributed by atoms with E-state index in [4.69, 9.17) is 33.2 Å². The van der Waals surface area contributed by atoms with E-state index in [2.05, 4.69) is 10.6 Å². The van der Waals surface area contributed by atoms with E-state index in [1.54, 1.807) is 19.1 Å². The molecule has 1 aliphatic heterocycles. The molecule has 0 spiro atoms. The van der Waals surface area contributed by atoms with Crippen LogP contribution in [0.5, 0.6) is 0 Å². The second-order valence-electron chi connectivity index (χ2n) is 9.96. The third-order valence-electron chi connectivity index (χ3n) is 6.78. The van der Waals surface area contributed by atoms with Crippen LogP contribution >= 0.6 is 22.9 Å². The van der Waals surface area contributed by atoms with Gasteiger partial charge in [-0.1, -0.05) is 18.2 Å². The van der Waals surface area contributed by atoms with Crippen molar-refractivity contribution in [2.75, 3.05) is 12.4 Å². The number of primary sulfonamides is 1. The second-order valence-corrected chi connectivity index (χ2v) is 12.9. The molecule has 8 N–H and O–H groups in total. The number of carbonyl (C=O) groups is 3. The Morgan fingerprint density at radius 3 is 2.44 bits per heavy atom. The molecule has 41 heavy (non-hydrogen) atoms. The highest BCUT2D eigenvalue weighted by Crippen LogP contribution is 2.36. The van der Waals surface area contributed by atoms with E-state index in [9.17, 15) is 22.8 Å². The molecule has 4 unspecified atom stereocenters. The van der Waals surface area contributed by atoms with Crippen molar-refractivity contribution in [2.45, 2.75) is 55.4 Å². The average molecular weight is 622 g/mol. The first-order valence-electron chi connectivity index (χ1n) is 12.8. The number of nitrogens with one attached hydrogen (secondary N) is 2.